The fraction of sp³-hybridized carbons (Fsp3) is 0.304. The van der Waals surface area contributed by atoms with Gasteiger partial charge in [0.25, 0.3) is 0 Å². The first kappa shape index (κ1) is 41.5. The van der Waals surface area contributed by atoms with Crippen LogP contribution in [0.2, 0.25) is 0 Å². The van der Waals surface area contributed by atoms with E-state index >= 15 is 0 Å². The van der Waals surface area contributed by atoms with E-state index < -0.39 is 0 Å². The lowest BCUT2D eigenvalue weighted by Crippen LogP contribution is -2.11. The first-order chi connectivity index (χ1) is 27.7. The van der Waals surface area contributed by atoms with Crippen molar-refractivity contribution in [3.8, 4) is 28.1 Å². The second-order valence-corrected chi connectivity index (χ2v) is 20.3. The van der Waals surface area contributed by atoms with Crippen LogP contribution in [-0.4, -0.2) is 17.8 Å². The van der Waals surface area contributed by atoms with Crippen molar-refractivity contribution < 1.29 is 4.74 Å². The van der Waals surface area contributed by atoms with E-state index in [0.29, 0.717) is 0 Å². The molecule has 0 radical (unpaired) electrons. The number of methoxy groups -OCH3 is 1. The number of hydrogen-bond donors (Lipinski definition) is 1. The zero-order valence-corrected chi connectivity index (χ0v) is 37.6. The van der Waals surface area contributed by atoms with Gasteiger partial charge in [0.1, 0.15) is 5.75 Å². The number of ether oxygens (including phenoxy) is 1. The van der Waals surface area contributed by atoms with Crippen LogP contribution in [0.3, 0.4) is 0 Å². The van der Waals surface area contributed by atoms with Crippen LogP contribution in [0, 0.1) is 0 Å². The molecular weight excluding hydrogens is 717 g/mol. The third-order valence-corrected chi connectivity index (χ3v) is 11.7. The van der Waals surface area contributed by atoms with E-state index in [-0.39, 0.29) is 21.7 Å². The van der Waals surface area contributed by atoms with Crippen molar-refractivity contribution in [3.63, 3.8) is 0 Å². The lowest BCUT2D eigenvalue weighted by atomic mass is 9.85. The minimum Gasteiger partial charge on any atom is -0.496 e. The van der Waals surface area contributed by atoms with Crippen LogP contribution < -0.4 is 4.74 Å². The van der Waals surface area contributed by atoms with Crippen LogP contribution in [0.1, 0.15) is 128 Å². The Hall–Kier alpha value is -5.67. The fourth-order valence-electron chi connectivity index (χ4n) is 7.83. The smallest absolute Gasteiger partial charge is 0.126 e. The Kier molecular flexibility index (Phi) is 10.9. The molecule has 0 aliphatic carbocycles. The third-order valence-electron chi connectivity index (χ3n) is 11.7. The highest BCUT2D eigenvalue weighted by Gasteiger charge is 2.29. The summed E-state index contributed by atoms with van der Waals surface area (Å²) in [5.41, 5.74) is 17.8. The molecule has 7 rings (SSSR count). The molecule has 0 saturated carbocycles. The van der Waals surface area contributed by atoms with E-state index in [1.807, 2.05) is 6.07 Å². The fourth-order valence-corrected chi connectivity index (χ4v) is 7.83. The van der Waals surface area contributed by atoms with Gasteiger partial charge in [-0.2, -0.15) is 0 Å². The highest BCUT2D eigenvalue weighted by Crippen LogP contribution is 2.46. The molecule has 2 heterocycles. The van der Waals surface area contributed by atoms with Gasteiger partial charge in [0.15, 0.2) is 0 Å². The summed E-state index contributed by atoms with van der Waals surface area (Å²) < 4.78 is 6.18. The first-order valence-corrected chi connectivity index (χ1v) is 21.1. The molecule has 0 saturated heterocycles. The summed E-state index contributed by atoms with van der Waals surface area (Å²) in [4.78, 5) is 9.63. The Labute approximate surface area is 354 Å². The Bertz CT molecular complexity index is 2540. The lowest BCUT2D eigenvalue weighted by molar-refractivity contribution is 0.413. The average molecular weight is 779 g/mol. The number of H-pyrrole nitrogens is 1. The maximum absolute atomic E-state index is 6.18. The van der Waals surface area contributed by atoms with Crippen LogP contribution in [0.15, 0.2) is 144 Å². The summed E-state index contributed by atoms with van der Waals surface area (Å²) in [7, 11) is 1.76. The van der Waals surface area contributed by atoms with Crippen LogP contribution >= 0.6 is 0 Å². The topological polar surface area (TPSA) is 37.4 Å². The summed E-state index contributed by atoms with van der Waals surface area (Å²) >= 11 is 0. The quantitative estimate of drug-likeness (QED) is 0.172. The van der Waals surface area contributed by atoms with Gasteiger partial charge >= 0.3 is 0 Å². The van der Waals surface area contributed by atoms with Gasteiger partial charge in [-0.05, 0) is 78.8 Å². The van der Waals surface area contributed by atoms with Crippen LogP contribution in [0.4, 0.5) is 0 Å². The minimum absolute atomic E-state index is 0.0312. The van der Waals surface area contributed by atoms with Gasteiger partial charge in [-0.25, -0.2) is 4.99 Å². The van der Waals surface area contributed by atoms with Gasteiger partial charge in [-0.3, -0.25) is 0 Å². The van der Waals surface area contributed by atoms with Gasteiger partial charge in [-0.1, -0.05) is 198 Å². The molecule has 302 valence electrons. The molecular formula is C56H62N2O. The summed E-state index contributed by atoms with van der Waals surface area (Å²) in [5.74, 6) is 0.787. The first-order valence-electron chi connectivity index (χ1n) is 21.1. The summed E-state index contributed by atoms with van der Waals surface area (Å²) in [5, 5.41) is 0. The highest BCUT2D eigenvalue weighted by atomic mass is 16.5. The maximum Gasteiger partial charge on any atom is 0.126 e. The number of aromatic nitrogens is 1. The zero-order chi connectivity index (χ0) is 42.5. The van der Waals surface area contributed by atoms with Gasteiger partial charge in [-0.15, -0.1) is 0 Å². The standard InChI is InChI=1S/C56H62N2O/c1-53(2,3)40-26-18-36(19-27-40)45-34-47(38-22-30-42(31-23-38)55(7,8)9)57-51(45)50(44-16-14-15-17-49(44)59-13)52-46(37-20-28-41(29-21-37)54(4,5)6)35-48(58-52)39-24-32-43(33-25-39)56(10,11)12/h14-35,57H,1-13H3/b52-50-. The zero-order valence-electron chi connectivity index (χ0n) is 37.6. The maximum atomic E-state index is 6.18. The van der Waals surface area contributed by atoms with Crippen molar-refractivity contribution in [3.05, 3.63) is 184 Å². The molecule has 1 N–H and O–H groups in total. The van der Waals surface area contributed by atoms with E-state index in [4.69, 9.17) is 9.73 Å². The highest BCUT2D eigenvalue weighted by molar-refractivity contribution is 6.20. The van der Waals surface area contributed by atoms with Crippen LogP contribution in [0.25, 0.3) is 33.5 Å². The molecule has 1 aromatic heterocycles. The number of benzene rings is 5. The predicted molar refractivity (Wildman–Crippen MR) is 253 cm³/mol. The van der Waals surface area contributed by atoms with Gasteiger partial charge < -0.3 is 9.72 Å². The second-order valence-electron chi connectivity index (χ2n) is 20.3. The second kappa shape index (κ2) is 15.5. The van der Waals surface area contributed by atoms with E-state index in [2.05, 4.69) is 215 Å². The van der Waals surface area contributed by atoms with Gasteiger partial charge in [0.05, 0.1) is 24.2 Å². The van der Waals surface area contributed by atoms with E-state index in [1.54, 1.807) is 7.11 Å². The number of nitrogens with zero attached hydrogens (tertiary/aromatic N) is 1. The van der Waals surface area contributed by atoms with Crippen molar-refractivity contribution in [1.82, 2.24) is 4.98 Å². The average Bonchev–Trinajstić information content (AvgIpc) is 3.83. The van der Waals surface area contributed by atoms with Crippen LogP contribution in [-0.2, 0) is 21.7 Å². The molecule has 1 aliphatic heterocycles. The molecule has 1 aliphatic rings. The molecule has 0 bridgehead atoms. The number of aliphatic imine (C=N–C) groups is 1. The van der Waals surface area contributed by atoms with Crippen molar-refractivity contribution in [2.24, 2.45) is 4.99 Å². The molecule has 3 heteroatoms. The minimum atomic E-state index is 0.0312. The van der Waals surface area contributed by atoms with E-state index in [0.717, 1.165) is 73.1 Å². The molecule has 0 atom stereocenters. The largest absolute Gasteiger partial charge is 0.496 e. The Balaban J connectivity index is 1.55. The Morgan fingerprint density at radius 1 is 0.492 bits per heavy atom. The number of rotatable bonds is 7. The van der Waals surface area contributed by atoms with Crippen molar-refractivity contribution in [2.45, 2.75) is 105 Å². The van der Waals surface area contributed by atoms with E-state index in [9.17, 15) is 0 Å². The molecule has 0 amide bonds. The van der Waals surface area contributed by atoms with Gasteiger partial charge in [0.2, 0.25) is 0 Å². The van der Waals surface area contributed by atoms with E-state index in [1.165, 1.54) is 22.3 Å². The summed E-state index contributed by atoms with van der Waals surface area (Å²) in [6.45, 7) is 27.1. The molecule has 6 aromatic rings. The lowest BCUT2D eigenvalue weighted by Gasteiger charge is -2.21. The Morgan fingerprint density at radius 3 is 1.37 bits per heavy atom. The molecule has 0 spiro atoms. The normalized spacial score (nSPS) is 14.6. The number of allylic oxidation sites excluding steroid dienone is 2. The van der Waals surface area contributed by atoms with Crippen molar-refractivity contribution in [2.75, 3.05) is 7.11 Å². The van der Waals surface area contributed by atoms with Crippen LogP contribution in [0.5, 0.6) is 5.75 Å². The number of hydrogen-bond acceptors (Lipinski definition) is 2. The van der Waals surface area contributed by atoms with Crippen molar-refractivity contribution >= 4 is 16.9 Å². The summed E-state index contributed by atoms with van der Waals surface area (Å²) in [6.07, 6.45) is 2.27. The third kappa shape index (κ3) is 8.71. The van der Waals surface area contributed by atoms with Gasteiger partial charge in [0, 0.05) is 33.5 Å². The monoisotopic (exact) mass is 778 g/mol. The molecule has 5 aromatic carbocycles. The Morgan fingerprint density at radius 2 is 0.915 bits per heavy atom. The molecule has 59 heavy (non-hydrogen) atoms. The number of nitrogens with one attached hydrogen (secondary N) is 1. The van der Waals surface area contributed by atoms with Crippen molar-refractivity contribution in [1.29, 1.82) is 0 Å². The summed E-state index contributed by atoms with van der Waals surface area (Å²) in [6, 6.07) is 46.7. The molecule has 0 fully saturated rings. The predicted octanol–water partition coefficient (Wildman–Crippen LogP) is 14.9. The number of aromatic amines is 1. The molecule has 3 nitrogen and oxygen atoms in total. The SMILES string of the molecule is COc1ccccc1/C(=C1/N=C(c2ccc(C(C)(C)C)cc2)C=C1c1ccc(C(C)(C)C)cc1)c1[nH]c(-c2ccc(C(C)(C)C)cc2)cc1-c1ccc(C(C)(C)C)cc1. The molecule has 0 unspecified atom stereocenters. The number of para-hydroxylation sites is 1.